The van der Waals surface area contributed by atoms with Crippen LogP contribution in [-0.4, -0.2) is 43.0 Å². The molecule has 0 radical (unpaired) electrons. The molecule has 0 saturated carbocycles. The van der Waals surface area contributed by atoms with Gasteiger partial charge in [0.25, 0.3) is 0 Å². The van der Waals surface area contributed by atoms with Crippen molar-refractivity contribution in [2.24, 2.45) is 0 Å². The summed E-state index contributed by atoms with van der Waals surface area (Å²) in [5.74, 6) is 1.21. The highest BCUT2D eigenvalue weighted by Crippen LogP contribution is 2.25. The second-order valence-electron chi connectivity index (χ2n) is 5.85. The molecule has 2 heterocycles. The number of fused-ring (bicyclic) bond motifs is 1. The third kappa shape index (κ3) is 3.52. The number of hydrogen-bond acceptors (Lipinski definition) is 6. The minimum Gasteiger partial charge on any atom is -0.490 e. The molecule has 26 heavy (non-hydrogen) atoms. The van der Waals surface area contributed by atoms with Crippen molar-refractivity contribution in [3.63, 3.8) is 0 Å². The lowest BCUT2D eigenvalue weighted by atomic mass is 10.1. The predicted molar refractivity (Wildman–Crippen MR) is 96.5 cm³/mol. The summed E-state index contributed by atoms with van der Waals surface area (Å²) in [5, 5.41) is 24.6. The van der Waals surface area contributed by atoms with Gasteiger partial charge in [-0.25, -0.2) is 0 Å². The number of nitrogens with zero attached hydrogens (tertiary/aromatic N) is 5. The van der Waals surface area contributed by atoms with E-state index in [1.165, 1.54) is 4.80 Å². The van der Waals surface area contributed by atoms with Crippen LogP contribution in [-0.2, 0) is 6.54 Å². The third-order valence-electron chi connectivity index (χ3n) is 3.93. The molecule has 0 spiro atoms. The fraction of sp³-hybridized carbons (Fsp3) is 0.158. The van der Waals surface area contributed by atoms with Gasteiger partial charge < -0.3 is 9.84 Å². The lowest BCUT2D eigenvalue weighted by Crippen LogP contribution is -2.25. The van der Waals surface area contributed by atoms with Crippen LogP contribution >= 0.6 is 0 Å². The van der Waals surface area contributed by atoms with E-state index < -0.39 is 6.10 Å². The van der Waals surface area contributed by atoms with E-state index in [0.29, 0.717) is 5.82 Å². The van der Waals surface area contributed by atoms with E-state index in [1.807, 2.05) is 54.6 Å². The summed E-state index contributed by atoms with van der Waals surface area (Å²) in [4.78, 5) is 5.39. The molecule has 4 aromatic rings. The Balaban J connectivity index is 1.40. The number of rotatable bonds is 6. The Kier molecular flexibility index (Phi) is 4.53. The van der Waals surface area contributed by atoms with E-state index in [9.17, 15) is 5.11 Å². The number of benzene rings is 2. The molecule has 2 aromatic carbocycles. The van der Waals surface area contributed by atoms with Gasteiger partial charge >= 0.3 is 0 Å². The normalized spacial score (nSPS) is 12.2. The molecule has 2 aromatic heterocycles. The van der Waals surface area contributed by atoms with Gasteiger partial charge in [0, 0.05) is 23.3 Å². The molecule has 1 N–H and O–H groups in total. The van der Waals surface area contributed by atoms with Crippen molar-refractivity contribution in [3.05, 3.63) is 67.0 Å². The molecule has 0 aliphatic carbocycles. The number of hydrogen-bond donors (Lipinski definition) is 1. The highest BCUT2D eigenvalue weighted by molar-refractivity contribution is 5.88. The number of pyridine rings is 1. The lowest BCUT2D eigenvalue weighted by molar-refractivity contribution is 0.0857. The van der Waals surface area contributed by atoms with Crippen molar-refractivity contribution in [3.8, 4) is 17.1 Å². The summed E-state index contributed by atoms with van der Waals surface area (Å²) < 4.78 is 5.80. The van der Waals surface area contributed by atoms with Gasteiger partial charge in [-0.2, -0.15) is 4.80 Å². The van der Waals surface area contributed by atoms with E-state index in [2.05, 4.69) is 20.4 Å². The molecule has 7 nitrogen and oxygen atoms in total. The van der Waals surface area contributed by atoms with E-state index >= 15 is 0 Å². The topological polar surface area (TPSA) is 86.0 Å². The molecule has 4 rings (SSSR count). The summed E-state index contributed by atoms with van der Waals surface area (Å²) in [6, 6.07) is 17.5. The Labute approximate surface area is 149 Å². The van der Waals surface area contributed by atoms with Gasteiger partial charge in [0.2, 0.25) is 5.82 Å². The Hall–Kier alpha value is -3.32. The second kappa shape index (κ2) is 7.28. The van der Waals surface area contributed by atoms with Gasteiger partial charge in [-0.05, 0) is 28.8 Å². The molecule has 0 bridgehead atoms. The van der Waals surface area contributed by atoms with E-state index in [-0.39, 0.29) is 13.2 Å². The Morgan fingerprint density at radius 3 is 2.81 bits per heavy atom. The van der Waals surface area contributed by atoms with E-state index in [1.54, 1.807) is 12.4 Å². The highest BCUT2D eigenvalue weighted by Gasteiger charge is 2.12. The van der Waals surface area contributed by atoms with Gasteiger partial charge in [0.1, 0.15) is 18.5 Å². The van der Waals surface area contributed by atoms with Crippen molar-refractivity contribution < 1.29 is 9.84 Å². The zero-order valence-electron chi connectivity index (χ0n) is 13.9. The maximum absolute atomic E-state index is 10.2. The van der Waals surface area contributed by atoms with Crippen LogP contribution in [0.15, 0.2) is 67.0 Å². The standard InChI is InChI=1S/C19H17N5O2/c25-16(12-24-22-19(21-23-24)15-7-4-10-20-11-15)13-26-18-9-3-6-14-5-1-2-8-17(14)18/h1-11,16,25H,12-13H2/t16-/m1/s1. The first-order valence-electron chi connectivity index (χ1n) is 8.26. The molecular weight excluding hydrogens is 330 g/mol. The average Bonchev–Trinajstić information content (AvgIpc) is 3.15. The molecular formula is C19H17N5O2. The minimum atomic E-state index is -0.759. The summed E-state index contributed by atoms with van der Waals surface area (Å²) in [5.41, 5.74) is 0.778. The Bertz CT molecular complexity index is 998. The first-order chi connectivity index (χ1) is 12.8. The molecule has 0 aliphatic rings. The molecule has 0 saturated heterocycles. The predicted octanol–water partition coefficient (Wildman–Crippen LogP) is 2.33. The average molecular weight is 347 g/mol. The summed E-state index contributed by atoms with van der Waals surface area (Å²) in [6.45, 7) is 0.329. The fourth-order valence-electron chi connectivity index (χ4n) is 2.68. The minimum absolute atomic E-state index is 0.137. The van der Waals surface area contributed by atoms with Crippen molar-refractivity contribution in [2.75, 3.05) is 6.61 Å². The quantitative estimate of drug-likeness (QED) is 0.576. The number of ether oxygens (including phenoxy) is 1. The highest BCUT2D eigenvalue weighted by atomic mass is 16.5. The van der Waals surface area contributed by atoms with Crippen LogP contribution in [0, 0.1) is 0 Å². The zero-order chi connectivity index (χ0) is 17.8. The van der Waals surface area contributed by atoms with Gasteiger partial charge in [0.15, 0.2) is 0 Å². The van der Waals surface area contributed by atoms with E-state index in [0.717, 1.165) is 22.1 Å². The first kappa shape index (κ1) is 16.2. The van der Waals surface area contributed by atoms with Crippen molar-refractivity contribution in [1.82, 2.24) is 25.2 Å². The second-order valence-corrected chi connectivity index (χ2v) is 5.85. The molecule has 7 heteroatoms. The Morgan fingerprint density at radius 1 is 1.04 bits per heavy atom. The molecule has 0 aliphatic heterocycles. The van der Waals surface area contributed by atoms with Gasteiger partial charge in [-0.3, -0.25) is 4.98 Å². The van der Waals surface area contributed by atoms with Gasteiger partial charge in [0.05, 0.1) is 6.54 Å². The van der Waals surface area contributed by atoms with Crippen molar-refractivity contribution in [2.45, 2.75) is 12.6 Å². The number of aliphatic hydroxyl groups excluding tert-OH is 1. The van der Waals surface area contributed by atoms with Crippen LogP contribution in [0.5, 0.6) is 5.75 Å². The van der Waals surface area contributed by atoms with Crippen LogP contribution in [0.3, 0.4) is 0 Å². The molecule has 1 atom stereocenters. The molecule has 0 amide bonds. The van der Waals surface area contributed by atoms with Crippen LogP contribution in [0.25, 0.3) is 22.2 Å². The number of tetrazole rings is 1. The van der Waals surface area contributed by atoms with Crippen LogP contribution < -0.4 is 4.74 Å². The Morgan fingerprint density at radius 2 is 1.92 bits per heavy atom. The third-order valence-corrected chi connectivity index (χ3v) is 3.93. The van der Waals surface area contributed by atoms with Crippen molar-refractivity contribution in [1.29, 1.82) is 0 Å². The molecule has 0 unspecified atom stereocenters. The van der Waals surface area contributed by atoms with Crippen LogP contribution in [0.4, 0.5) is 0 Å². The zero-order valence-corrected chi connectivity index (χ0v) is 13.9. The van der Waals surface area contributed by atoms with Gasteiger partial charge in [-0.1, -0.05) is 36.4 Å². The maximum Gasteiger partial charge on any atom is 0.206 e. The largest absolute Gasteiger partial charge is 0.490 e. The summed E-state index contributed by atoms with van der Waals surface area (Å²) in [6.07, 6.45) is 2.59. The van der Waals surface area contributed by atoms with Gasteiger partial charge in [-0.15, -0.1) is 10.2 Å². The lowest BCUT2D eigenvalue weighted by Gasteiger charge is -2.13. The summed E-state index contributed by atoms with van der Waals surface area (Å²) in [7, 11) is 0. The van der Waals surface area contributed by atoms with Crippen LogP contribution in [0.2, 0.25) is 0 Å². The molecule has 130 valence electrons. The van der Waals surface area contributed by atoms with Crippen molar-refractivity contribution >= 4 is 10.8 Å². The smallest absolute Gasteiger partial charge is 0.206 e. The van der Waals surface area contributed by atoms with E-state index in [4.69, 9.17) is 4.74 Å². The molecule has 0 fully saturated rings. The maximum atomic E-state index is 10.2. The number of aliphatic hydroxyl groups is 1. The fourth-order valence-corrected chi connectivity index (χ4v) is 2.68. The monoisotopic (exact) mass is 347 g/mol. The number of aromatic nitrogens is 5. The first-order valence-corrected chi connectivity index (χ1v) is 8.26. The SMILES string of the molecule is O[C@@H](COc1cccc2ccccc12)Cn1nnc(-c2cccnc2)n1. The summed E-state index contributed by atoms with van der Waals surface area (Å²) >= 11 is 0. The van der Waals surface area contributed by atoms with Crippen LogP contribution in [0.1, 0.15) is 0 Å².